The summed E-state index contributed by atoms with van der Waals surface area (Å²) < 4.78 is 10.3. The van der Waals surface area contributed by atoms with E-state index in [9.17, 15) is 4.79 Å². The minimum absolute atomic E-state index is 0.0257. The highest BCUT2D eigenvalue weighted by atomic mass is 16.5. The van der Waals surface area contributed by atoms with Crippen molar-refractivity contribution in [1.29, 1.82) is 0 Å². The average Bonchev–Trinajstić information content (AvgIpc) is 2.39. The monoisotopic (exact) mass is 282 g/mol. The maximum absolute atomic E-state index is 11.5. The first kappa shape index (κ1) is 16.2. The standard InChI is InChI=1S/C13H22N4O3/c1-10(2)20-13-8-11(16-9-17-13)14-5-4-12(18)15-6-7-19-3/h8-10H,4-7H2,1-3H3,(H,15,18)(H,14,16,17). The maximum Gasteiger partial charge on any atom is 0.221 e. The number of nitrogens with one attached hydrogen (secondary N) is 2. The van der Waals surface area contributed by atoms with Crippen LogP contribution in [0.25, 0.3) is 0 Å². The van der Waals surface area contributed by atoms with Crippen LogP contribution in [-0.4, -0.2) is 48.8 Å². The van der Waals surface area contributed by atoms with Crippen LogP contribution in [-0.2, 0) is 9.53 Å². The number of anilines is 1. The van der Waals surface area contributed by atoms with Gasteiger partial charge in [0.1, 0.15) is 12.1 Å². The second-order valence-corrected chi connectivity index (χ2v) is 4.43. The van der Waals surface area contributed by atoms with E-state index < -0.39 is 0 Å². The fraction of sp³-hybridized carbons (Fsp3) is 0.615. The van der Waals surface area contributed by atoms with Crippen molar-refractivity contribution in [3.05, 3.63) is 12.4 Å². The largest absolute Gasteiger partial charge is 0.475 e. The highest BCUT2D eigenvalue weighted by Crippen LogP contribution is 2.12. The quantitative estimate of drug-likeness (QED) is 0.652. The summed E-state index contributed by atoms with van der Waals surface area (Å²) in [5.41, 5.74) is 0. The molecule has 1 rings (SSSR count). The third-order valence-electron chi connectivity index (χ3n) is 2.28. The van der Waals surface area contributed by atoms with Crippen LogP contribution in [0.15, 0.2) is 12.4 Å². The summed E-state index contributed by atoms with van der Waals surface area (Å²) in [6, 6.07) is 1.71. The molecule has 0 aliphatic carbocycles. The Hall–Kier alpha value is -1.89. The van der Waals surface area contributed by atoms with Gasteiger partial charge >= 0.3 is 0 Å². The summed E-state index contributed by atoms with van der Waals surface area (Å²) in [5.74, 6) is 1.13. The van der Waals surface area contributed by atoms with Gasteiger partial charge in [-0.15, -0.1) is 0 Å². The average molecular weight is 282 g/mol. The molecule has 0 bridgehead atoms. The predicted octanol–water partition coefficient (Wildman–Crippen LogP) is 0.828. The van der Waals surface area contributed by atoms with Crippen LogP contribution >= 0.6 is 0 Å². The number of methoxy groups -OCH3 is 1. The third kappa shape index (κ3) is 6.89. The summed E-state index contributed by atoms with van der Waals surface area (Å²) in [4.78, 5) is 19.5. The van der Waals surface area contributed by atoms with Crippen LogP contribution in [0.4, 0.5) is 5.82 Å². The molecule has 0 fully saturated rings. The molecule has 0 aromatic carbocycles. The lowest BCUT2D eigenvalue weighted by Crippen LogP contribution is -2.28. The molecule has 2 N–H and O–H groups in total. The Bertz CT molecular complexity index is 412. The minimum Gasteiger partial charge on any atom is -0.475 e. The van der Waals surface area contributed by atoms with Crippen LogP contribution in [0.1, 0.15) is 20.3 Å². The van der Waals surface area contributed by atoms with Crippen LogP contribution in [0.3, 0.4) is 0 Å². The Morgan fingerprint density at radius 2 is 2.15 bits per heavy atom. The fourth-order valence-corrected chi connectivity index (χ4v) is 1.43. The van der Waals surface area contributed by atoms with Gasteiger partial charge < -0.3 is 20.1 Å². The molecule has 0 aliphatic rings. The van der Waals surface area contributed by atoms with E-state index in [0.717, 1.165) is 0 Å². The van der Waals surface area contributed by atoms with Crippen molar-refractivity contribution in [3.63, 3.8) is 0 Å². The van der Waals surface area contributed by atoms with Crippen molar-refractivity contribution in [1.82, 2.24) is 15.3 Å². The first-order valence-electron chi connectivity index (χ1n) is 6.60. The van der Waals surface area contributed by atoms with Crippen LogP contribution in [0.2, 0.25) is 0 Å². The van der Waals surface area contributed by atoms with Gasteiger partial charge in [0.15, 0.2) is 0 Å². The predicted molar refractivity (Wildman–Crippen MR) is 75.8 cm³/mol. The number of amides is 1. The zero-order valence-corrected chi connectivity index (χ0v) is 12.2. The molecule has 0 saturated carbocycles. The molecule has 0 unspecified atom stereocenters. The Morgan fingerprint density at radius 3 is 2.85 bits per heavy atom. The maximum atomic E-state index is 11.5. The summed E-state index contributed by atoms with van der Waals surface area (Å²) >= 11 is 0. The second-order valence-electron chi connectivity index (χ2n) is 4.43. The van der Waals surface area contributed by atoms with Gasteiger partial charge in [0.05, 0.1) is 12.7 Å². The lowest BCUT2D eigenvalue weighted by molar-refractivity contribution is -0.121. The highest BCUT2D eigenvalue weighted by Gasteiger charge is 2.03. The molecular formula is C13H22N4O3. The number of aromatic nitrogens is 2. The molecule has 112 valence electrons. The van der Waals surface area contributed by atoms with Gasteiger partial charge in [0, 0.05) is 32.7 Å². The molecule has 20 heavy (non-hydrogen) atoms. The number of hydrogen-bond acceptors (Lipinski definition) is 6. The van der Waals surface area contributed by atoms with Gasteiger partial charge in [-0.1, -0.05) is 0 Å². The number of carbonyl (C=O) groups is 1. The van der Waals surface area contributed by atoms with Crippen LogP contribution in [0, 0.1) is 0 Å². The van der Waals surface area contributed by atoms with Crippen LogP contribution < -0.4 is 15.4 Å². The summed E-state index contributed by atoms with van der Waals surface area (Å²) in [5, 5.41) is 5.80. The molecule has 0 aliphatic heterocycles. The van der Waals surface area contributed by atoms with Crippen LogP contribution in [0.5, 0.6) is 5.88 Å². The molecule has 1 aromatic heterocycles. The van der Waals surface area contributed by atoms with Gasteiger partial charge in [-0.25, -0.2) is 9.97 Å². The second kappa shape index (κ2) is 9.08. The van der Waals surface area contributed by atoms with E-state index in [-0.39, 0.29) is 12.0 Å². The van der Waals surface area contributed by atoms with Gasteiger partial charge in [0.25, 0.3) is 0 Å². The Morgan fingerprint density at radius 1 is 1.35 bits per heavy atom. The first-order chi connectivity index (χ1) is 9.61. The van der Waals surface area contributed by atoms with Crippen molar-refractivity contribution in [2.45, 2.75) is 26.4 Å². The van der Waals surface area contributed by atoms with E-state index in [4.69, 9.17) is 9.47 Å². The topological polar surface area (TPSA) is 85.4 Å². The van der Waals surface area contributed by atoms with Gasteiger partial charge in [-0.05, 0) is 13.8 Å². The molecule has 7 nitrogen and oxygen atoms in total. The minimum atomic E-state index is -0.0257. The summed E-state index contributed by atoms with van der Waals surface area (Å²) in [6.45, 7) is 5.40. The molecule has 0 spiro atoms. The van der Waals surface area contributed by atoms with E-state index in [1.807, 2.05) is 13.8 Å². The molecule has 0 radical (unpaired) electrons. The van der Waals surface area contributed by atoms with E-state index in [2.05, 4.69) is 20.6 Å². The third-order valence-corrected chi connectivity index (χ3v) is 2.28. The molecule has 0 atom stereocenters. The number of rotatable bonds is 9. The van der Waals surface area contributed by atoms with Crippen molar-refractivity contribution >= 4 is 11.7 Å². The van der Waals surface area contributed by atoms with E-state index in [0.29, 0.717) is 37.8 Å². The lowest BCUT2D eigenvalue weighted by Gasteiger charge is -2.10. The Kier molecular flexibility index (Phi) is 7.34. The van der Waals surface area contributed by atoms with E-state index >= 15 is 0 Å². The Labute approximate surface area is 119 Å². The SMILES string of the molecule is COCCNC(=O)CCNc1cc(OC(C)C)ncn1. The zero-order chi connectivity index (χ0) is 14.8. The van der Waals surface area contributed by atoms with Crippen molar-refractivity contribution in [3.8, 4) is 5.88 Å². The Balaban J connectivity index is 2.29. The molecule has 0 saturated heterocycles. The highest BCUT2D eigenvalue weighted by molar-refractivity contribution is 5.76. The van der Waals surface area contributed by atoms with E-state index in [1.54, 1.807) is 13.2 Å². The van der Waals surface area contributed by atoms with Gasteiger partial charge in [0.2, 0.25) is 11.8 Å². The normalized spacial score (nSPS) is 10.4. The molecule has 1 heterocycles. The summed E-state index contributed by atoms with van der Waals surface area (Å²) in [7, 11) is 1.60. The molecular weight excluding hydrogens is 260 g/mol. The molecule has 1 amide bonds. The zero-order valence-electron chi connectivity index (χ0n) is 12.2. The number of nitrogens with zero attached hydrogens (tertiary/aromatic N) is 2. The van der Waals surface area contributed by atoms with Crippen molar-refractivity contribution in [2.75, 3.05) is 32.1 Å². The first-order valence-corrected chi connectivity index (χ1v) is 6.60. The summed E-state index contributed by atoms with van der Waals surface area (Å²) in [6.07, 6.45) is 1.86. The molecule has 1 aromatic rings. The fourth-order valence-electron chi connectivity index (χ4n) is 1.43. The number of ether oxygens (including phenoxy) is 2. The van der Waals surface area contributed by atoms with Gasteiger partial charge in [-0.2, -0.15) is 0 Å². The smallest absolute Gasteiger partial charge is 0.221 e. The van der Waals surface area contributed by atoms with Crippen molar-refractivity contribution in [2.24, 2.45) is 0 Å². The van der Waals surface area contributed by atoms with Crippen molar-refractivity contribution < 1.29 is 14.3 Å². The molecule has 7 heteroatoms. The number of hydrogen-bond donors (Lipinski definition) is 2. The lowest BCUT2D eigenvalue weighted by atomic mass is 10.4. The van der Waals surface area contributed by atoms with Gasteiger partial charge in [-0.3, -0.25) is 4.79 Å². The van der Waals surface area contributed by atoms with E-state index in [1.165, 1.54) is 6.33 Å². The number of carbonyl (C=O) groups excluding carboxylic acids is 1.